The van der Waals surface area contributed by atoms with Crippen LogP contribution in [0, 0.1) is 0 Å². The number of anilines is 2. The molecular weight excluding hydrogens is 214 g/mol. The lowest BCUT2D eigenvalue weighted by atomic mass is 10.2. The smallest absolute Gasteiger partial charge is 0.122 e. The van der Waals surface area contributed by atoms with E-state index in [-0.39, 0.29) is 0 Å². The Bertz CT molecular complexity index is 485. The van der Waals surface area contributed by atoms with Crippen molar-refractivity contribution in [3.63, 3.8) is 0 Å². The zero-order valence-electron chi connectivity index (χ0n) is 9.68. The van der Waals surface area contributed by atoms with E-state index >= 15 is 0 Å². The molecule has 0 bridgehead atoms. The number of benzene rings is 1. The second kappa shape index (κ2) is 5.21. The molecule has 2 rings (SSSR count). The molecule has 0 aliphatic heterocycles. The zero-order valence-corrected chi connectivity index (χ0v) is 9.68. The van der Waals surface area contributed by atoms with Gasteiger partial charge in [0.1, 0.15) is 5.75 Å². The molecule has 0 saturated carbocycles. The Balaban J connectivity index is 2.06. The first-order valence-electron chi connectivity index (χ1n) is 5.35. The second-order valence-electron chi connectivity index (χ2n) is 3.70. The predicted molar refractivity (Wildman–Crippen MR) is 69.0 cm³/mol. The minimum absolute atomic E-state index is 0.682. The molecule has 1 aromatic heterocycles. The van der Waals surface area contributed by atoms with Crippen LogP contribution in [-0.4, -0.2) is 12.1 Å². The quantitative estimate of drug-likeness (QED) is 0.790. The van der Waals surface area contributed by atoms with Gasteiger partial charge >= 0.3 is 0 Å². The number of nitrogens with one attached hydrogen (secondary N) is 1. The standard InChI is InChI=1S/C13H15N3O/c1-17-13-7-11(14)6-12(8-13)16-9-10-2-4-15-5-3-10/h2-8,16H,9,14H2,1H3. The molecular formula is C13H15N3O. The summed E-state index contributed by atoms with van der Waals surface area (Å²) in [6, 6.07) is 9.52. The van der Waals surface area contributed by atoms with Gasteiger partial charge in [0.25, 0.3) is 0 Å². The van der Waals surface area contributed by atoms with Crippen LogP contribution in [0.2, 0.25) is 0 Å². The Morgan fingerprint density at radius 2 is 2.00 bits per heavy atom. The minimum atomic E-state index is 0.682. The molecule has 4 nitrogen and oxygen atoms in total. The summed E-state index contributed by atoms with van der Waals surface area (Å²) in [5.74, 6) is 0.752. The summed E-state index contributed by atoms with van der Waals surface area (Å²) in [6.07, 6.45) is 3.55. The maximum atomic E-state index is 5.77. The van der Waals surface area contributed by atoms with Gasteiger partial charge in [0.05, 0.1) is 7.11 Å². The minimum Gasteiger partial charge on any atom is -0.497 e. The first-order valence-corrected chi connectivity index (χ1v) is 5.35. The molecule has 88 valence electrons. The van der Waals surface area contributed by atoms with Crippen molar-refractivity contribution < 1.29 is 4.74 Å². The van der Waals surface area contributed by atoms with Crippen molar-refractivity contribution in [2.75, 3.05) is 18.2 Å². The molecule has 1 heterocycles. The molecule has 0 saturated heterocycles. The van der Waals surface area contributed by atoms with Gasteiger partial charge in [-0.3, -0.25) is 4.98 Å². The van der Waals surface area contributed by atoms with Crippen LogP contribution in [0.5, 0.6) is 5.75 Å². The number of ether oxygens (including phenoxy) is 1. The number of rotatable bonds is 4. The van der Waals surface area contributed by atoms with Crippen LogP contribution in [0.15, 0.2) is 42.7 Å². The lowest BCUT2D eigenvalue weighted by molar-refractivity contribution is 0.415. The van der Waals surface area contributed by atoms with E-state index in [1.165, 1.54) is 5.56 Å². The summed E-state index contributed by atoms with van der Waals surface area (Å²) in [5, 5.41) is 3.29. The van der Waals surface area contributed by atoms with Crippen molar-refractivity contribution in [3.8, 4) is 5.75 Å². The predicted octanol–water partition coefficient (Wildman–Crippen LogP) is 2.28. The molecule has 17 heavy (non-hydrogen) atoms. The van der Waals surface area contributed by atoms with E-state index in [1.807, 2.05) is 24.3 Å². The molecule has 1 aromatic carbocycles. The number of pyridine rings is 1. The number of hydrogen-bond donors (Lipinski definition) is 2. The number of nitrogens with zero attached hydrogens (tertiary/aromatic N) is 1. The van der Waals surface area contributed by atoms with Crippen LogP contribution in [-0.2, 0) is 6.54 Å². The Kier molecular flexibility index (Phi) is 3.45. The van der Waals surface area contributed by atoms with Crippen LogP contribution in [0.4, 0.5) is 11.4 Å². The number of nitrogen functional groups attached to an aromatic ring is 1. The lowest BCUT2D eigenvalue weighted by Gasteiger charge is -2.09. The van der Waals surface area contributed by atoms with Gasteiger partial charge in [-0.25, -0.2) is 0 Å². The van der Waals surface area contributed by atoms with Gasteiger partial charge in [-0.15, -0.1) is 0 Å². The number of nitrogens with two attached hydrogens (primary N) is 1. The molecule has 2 aromatic rings. The largest absolute Gasteiger partial charge is 0.497 e. The molecule has 0 radical (unpaired) electrons. The van der Waals surface area contributed by atoms with Crippen LogP contribution in [0.1, 0.15) is 5.56 Å². The van der Waals surface area contributed by atoms with Crippen molar-refractivity contribution >= 4 is 11.4 Å². The number of hydrogen-bond acceptors (Lipinski definition) is 4. The topological polar surface area (TPSA) is 60.2 Å². The van der Waals surface area contributed by atoms with Crippen LogP contribution in [0.3, 0.4) is 0 Å². The van der Waals surface area contributed by atoms with Gasteiger partial charge in [-0.1, -0.05) is 0 Å². The zero-order chi connectivity index (χ0) is 12.1. The Morgan fingerprint density at radius 3 is 2.71 bits per heavy atom. The summed E-state index contributed by atoms with van der Waals surface area (Å²) < 4.78 is 5.16. The van der Waals surface area contributed by atoms with E-state index in [9.17, 15) is 0 Å². The summed E-state index contributed by atoms with van der Waals surface area (Å²) in [7, 11) is 1.63. The van der Waals surface area contributed by atoms with E-state index in [0.717, 1.165) is 18.0 Å². The monoisotopic (exact) mass is 229 g/mol. The molecule has 0 aliphatic carbocycles. The van der Waals surface area contributed by atoms with E-state index < -0.39 is 0 Å². The Hall–Kier alpha value is -2.23. The molecule has 0 unspecified atom stereocenters. The highest BCUT2D eigenvalue weighted by atomic mass is 16.5. The molecule has 0 spiro atoms. The summed E-state index contributed by atoms with van der Waals surface area (Å²) in [4.78, 5) is 3.97. The van der Waals surface area contributed by atoms with Crippen molar-refractivity contribution in [1.29, 1.82) is 0 Å². The van der Waals surface area contributed by atoms with Gasteiger partial charge in [0.2, 0.25) is 0 Å². The summed E-state index contributed by atoms with van der Waals surface area (Å²) in [5.41, 5.74) is 8.57. The Labute approximate surface area is 100 Å². The highest BCUT2D eigenvalue weighted by Gasteiger charge is 1.99. The van der Waals surface area contributed by atoms with Gasteiger partial charge in [-0.2, -0.15) is 0 Å². The van der Waals surface area contributed by atoms with Gasteiger partial charge in [0.15, 0.2) is 0 Å². The van der Waals surface area contributed by atoms with E-state index in [2.05, 4.69) is 10.3 Å². The Morgan fingerprint density at radius 1 is 1.24 bits per heavy atom. The molecule has 0 fully saturated rings. The molecule has 3 N–H and O–H groups in total. The molecule has 0 atom stereocenters. The average molecular weight is 229 g/mol. The van der Waals surface area contributed by atoms with Crippen LogP contribution in [0.25, 0.3) is 0 Å². The fourth-order valence-corrected chi connectivity index (χ4v) is 1.55. The van der Waals surface area contributed by atoms with E-state index in [4.69, 9.17) is 10.5 Å². The highest BCUT2D eigenvalue weighted by molar-refractivity contribution is 5.59. The van der Waals surface area contributed by atoms with Gasteiger partial charge in [0, 0.05) is 42.4 Å². The number of methoxy groups -OCH3 is 1. The van der Waals surface area contributed by atoms with E-state index in [0.29, 0.717) is 5.69 Å². The van der Waals surface area contributed by atoms with Crippen molar-refractivity contribution in [2.45, 2.75) is 6.54 Å². The van der Waals surface area contributed by atoms with Crippen molar-refractivity contribution in [1.82, 2.24) is 4.98 Å². The third-order valence-corrected chi connectivity index (χ3v) is 2.41. The molecule has 0 amide bonds. The van der Waals surface area contributed by atoms with Crippen molar-refractivity contribution in [3.05, 3.63) is 48.3 Å². The average Bonchev–Trinajstić information content (AvgIpc) is 2.37. The normalized spacial score (nSPS) is 9.94. The van der Waals surface area contributed by atoms with E-state index in [1.54, 1.807) is 25.6 Å². The summed E-state index contributed by atoms with van der Waals surface area (Å²) in [6.45, 7) is 0.731. The third-order valence-electron chi connectivity index (χ3n) is 2.41. The van der Waals surface area contributed by atoms with Gasteiger partial charge < -0.3 is 15.8 Å². The van der Waals surface area contributed by atoms with Crippen LogP contribution < -0.4 is 15.8 Å². The second-order valence-corrected chi connectivity index (χ2v) is 3.70. The number of aromatic nitrogens is 1. The molecule has 0 aliphatic rings. The van der Waals surface area contributed by atoms with Crippen molar-refractivity contribution in [2.24, 2.45) is 0 Å². The first-order chi connectivity index (χ1) is 8.28. The van der Waals surface area contributed by atoms with Gasteiger partial charge in [-0.05, 0) is 23.8 Å². The SMILES string of the molecule is COc1cc(N)cc(NCc2ccncc2)c1. The molecule has 4 heteroatoms. The third kappa shape index (κ3) is 3.11. The lowest BCUT2D eigenvalue weighted by Crippen LogP contribution is -2.00. The fraction of sp³-hybridized carbons (Fsp3) is 0.154. The fourth-order valence-electron chi connectivity index (χ4n) is 1.55. The summed E-state index contributed by atoms with van der Waals surface area (Å²) >= 11 is 0. The van der Waals surface area contributed by atoms with Crippen LogP contribution >= 0.6 is 0 Å². The highest BCUT2D eigenvalue weighted by Crippen LogP contribution is 2.22. The maximum Gasteiger partial charge on any atom is 0.122 e. The maximum absolute atomic E-state index is 5.77. The first kappa shape index (κ1) is 11.3.